The quantitative estimate of drug-likeness (QED) is 0.682. The first-order chi connectivity index (χ1) is 6.33. The van der Waals surface area contributed by atoms with E-state index in [1.165, 1.54) is 4.90 Å². The van der Waals surface area contributed by atoms with Gasteiger partial charge in [-0.15, -0.1) is 11.8 Å². The molecule has 1 nitrogen and oxygen atoms in total. The summed E-state index contributed by atoms with van der Waals surface area (Å²) in [5.74, 6) is 1.51. The summed E-state index contributed by atoms with van der Waals surface area (Å²) in [5, 5.41) is 8.47. The van der Waals surface area contributed by atoms with Crippen molar-refractivity contribution in [1.82, 2.24) is 0 Å². The normalized spacial score (nSPS) is 12.0. The molecule has 0 N–H and O–H groups in total. The Morgan fingerprint density at radius 2 is 2.08 bits per heavy atom. The van der Waals surface area contributed by atoms with Crippen molar-refractivity contribution in [3.63, 3.8) is 0 Å². The van der Waals surface area contributed by atoms with Gasteiger partial charge in [-0.1, -0.05) is 25.1 Å². The summed E-state index contributed by atoms with van der Waals surface area (Å²) < 4.78 is 0. The van der Waals surface area contributed by atoms with Gasteiger partial charge in [0.2, 0.25) is 0 Å². The van der Waals surface area contributed by atoms with Crippen LogP contribution in [0.15, 0.2) is 35.2 Å². The molecule has 0 fully saturated rings. The Morgan fingerprint density at radius 3 is 2.69 bits per heavy atom. The van der Waals surface area contributed by atoms with Gasteiger partial charge in [-0.05, 0) is 18.1 Å². The van der Waals surface area contributed by atoms with Crippen LogP contribution in [0.5, 0.6) is 0 Å². The zero-order valence-corrected chi connectivity index (χ0v) is 8.55. The zero-order chi connectivity index (χ0) is 9.52. The van der Waals surface area contributed by atoms with Gasteiger partial charge >= 0.3 is 0 Å². The second-order valence-corrected chi connectivity index (χ2v) is 4.18. The lowest BCUT2D eigenvalue weighted by atomic mass is 10.2. The minimum atomic E-state index is 0.482. The molecule has 0 saturated heterocycles. The van der Waals surface area contributed by atoms with Crippen molar-refractivity contribution in [2.45, 2.75) is 18.2 Å². The molecule has 1 atom stereocenters. The van der Waals surface area contributed by atoms with Crippen molar-refractivity contribution in [2.75, 3.05) is 5.75 Å². The van der Waals surface area contributed by atoms with Crippen LogP contribution in [0.4, 0.5) is 0 Å². The van der Waals surface area contributed by atoms with E-state index in [-0.39, 0.29) is 0 Å². The number of nitrogens with zero attached hydrogens (tertiary/aromatic N) is 1. The van der Waals surface area contributed by atoms with Crippen LogP contribution in [-0.2, 0) is 0 Å². The maximum Gasteiger partial charge on any atom is 0.0624 e. The van der Waals surface area contributed by atoms with Crippen molar-refractivity contribution >= 4 is 11.8 Å². The molecule has 1 rings (SSSR count). The predicted octanol–water partition coefficient (Wildman–Crippen LogP) is 3.33. The van der Waals surface area contributed by atoms with E-state index < -0.39 is 0 Å². The highest BCUT2D eigenvalue weighted by molar-refractivity contribution is 7.99. The average molecular weight is 191 g/mol. The third-order valence-corrected chi connectivity index (χ3v) is 3.06. The van der Waals surface area contributed by atoms with Crippen LogP contribution in [0.2, 0.25) is 0 Å². The van der Waals surface area contributed by atoms with Crippen LogP contribution < -0.4 is 0 Å². The zero-order valence-electron chi connectivity index (χ0n) is 7.73. The molecule has 0 aliphatic rings. The van der Waals surface area contributed by atoms with Crippen molar-refractivity contribution in [3.8, 4) is 6.07 Å². The third-order valence-electron chi connectivity index (χ3n) is 1.72. The Balaban J connectivity index is 2.32. The van der Waals surface area contributed by atoms with Crippen molar-refractivity contribution < 1.29 is 0 Å². The standard InChI is InChI=1S/C11H13NS/c1-10(7-8-12)9-13-11-5-3-2-4-6-11/h2-6,10H,7,9H2,1H3/t10-/m0/s1. The van der Waals surface area contributed by atoms with Gasteiger partial charge in [0.25, 0.3) is 0 Å². The summed E-state index contributed by atoms with van der Waals surface area (Å²) >= 11 is 1.82. The predicted molar refractivity (Wildman–Crippen MR) is 56.6 cm³/mol. The molecule has 1 aromatic carbocycles. The number of rotatable bonds is 4. The first-order valence-corrected chi connectivity index (χ1v) is 5.36. The number of nitriles is 1. The van der Waals surface area contributed by atoms with Gasteiger partial charge < -0.3 is 0 Å². The molecule has 0 saturated carbocycles. The van der Waals surface area contributed by atoms with Gasteiger partial charge in [-0.3, -0.25) is 0 Å². The SMILES string of the molecule is C[C@@H](CC#N)CSc1ccccc1. The molecule has 0 aliphatic heterocycles. The highest BCUT2D eigenvalue weighted by atomic mass is 32.2. The fraction of sp³-hybridized carbons (Fsp3) is 0.364. The lowest BCUT2D eigenvalue weighted by Crippen LogP contribution is -1.95. The molecule has 0 radical (unpaired) electrons. The van der Waals surface area contributed by atoms with E-state index >= 15 is 0 Å². The molecule has 0 aliphatic carbocycles. The Kier molecular flexibility index (Phi) is 4.42. The van der Waals surface area contributed by atoms with Crippen LogP contribution in [0.25, 0.3) is 0 Å². The van der Waals surface area contributed by atoms with E-state index in [4.69, 9.17) is 5.26 Å². The Morgan fingerprint density at radius 1 is 1.38 bits per heavy atom. The van der Waals surface area contributed by atoms with E-state index in [0.29, 0.717) is 12.3 Å². The van der Waals surface area contributed by atoms with Crippen molar-refractivity contribution in [3.05, 3.63) is 30.3 Å². The first kappa shape index (κ1) is 10.1. The third kappa shape index (κ3) is 4.00. The lowest BCUT2D eigenvalue weighted by molar-refractivity contribution is 0.683. The number of benzene rings is 1. The molecule has 13 heavy (non-hydrogen) atoms. The number of thioether (sulfide) groups is 1. The average Bonchev–Trinajstić information content (AvgIpc) is 2.17. The summed E-state index contributed by atoms with van der Waals surface area (Å²) in [6, 6.07) is 12.5. The molecule has 0 unspecified atom stereocenters. The summed E-state index contributed by atoms with van der Waals surface area (Å²) in [7, 11) is 0. The minimum absolute atomic E-state index is 0.482. The molecule has 0 bridgehead atoms. The molecule has 0 spiro atoms. The summed E-state index contributed by atoms with van der Waals surface area (Å²) in [5.41, 5.74) is 0. The van der Waals surface area contributed by atoms with Crippen LogP contribution in [-0.4, -0.2) is 5.75 Å². The molecule has 68 valence electrons. The van der Waals surface area contributed by atoms with Crippen molar-refractivity contribution in [1.29, 1.82) is 5.26 Å². The molecule has 2 heteroatoms. The van der Waals surface area contributed by atoms with Gasteiger partial charge in [0.1, 0.15) is 0 Å². The monoisotopic (exact) mass is 191 g/mol. The van der Waals surface area contributed by atoms with Gasteiger partial charge in [0.15, 0.2) is 0 Å². The summed E-state index contributed by atoms with van der Waals surface area (Å²) in [4.78, 5) is 1.28. The van der Waals surface area contributed by atoms with Gasteiger partial charge in [0.05, 0.1) is 6.07 Å². The fourth-order valence-corrected chi connectivity index (χ4v) is 1.91. The van der Waals surface area contributed by atoms with Crippen LogP contribution in [0.3, 0.4) is 0 Å². The highest BCUT2D eigenvalue weighted by Crippen LogP contribution is 2.20. The van der Waals surface area contributed by atoms with Crippen LogP contribution >= 0.6 is 11.8 Å². The first-order valence-electron chi connectivity index (χ1n) is 4.37. The molecular formula is C11H13NS. The number of hydrogen-bond donors (Lipinski definition) is 0. The molecule has 0 aromatic heterocycles. The van der Waals surface area contributed by atoms with Gasteiger partial charge in [-0.25, -0.2) is 0 Å². The summed E-state index contributed by atoms with van der Waals surface area (Å²) in [6.45, 7) is 2.11. The minimum Gasteiger partial charge on any atom is -0.198 e. The lowest BCUT2D eigenvalue weighted by Gasteiger charge is -2.05. The maximum absolute atomic E-state index is 8.47. The topological polar surface area (TPSA) is 23.8 Å². The van der Waals surface area contributed by atoms with Gasteiger partial charge in [-0.2, -0.15) is 5.26 Å². The highest BCUT2D eigenvalue weighted by Gasteiger charge is 2.01. The maximum atomic E-state index is 8.47. The van der Waals surface area contributed by atoms with E-state index in [1.807, 2.05) is 30.0 Å². The second kappa shape index (κ2) is 5.66. The van der Waals surface area contributed by atoms with E-state index in [0.717, 1.165) is 5.75 Å². The summed E-state index contributed by atoms with van der Waals surface area (Å²) in [6.07, 6.45) is 0.653. The Hall–Kier alpha value is -0.940. The molecule has 0 amide bonds. The molecule has 0 heterocycles. The van der Waals surface area contributed by atoms with Gasteiger partial charge in [0, 0.05) is 17.1 Å². The Labute approximate surface area is 83.8 Å². The van der Waals surface area contributed by atoms with Crippen LogP contribution in [0, 0.1) is 17.2 Å². The largest absolute Gasteiger partial charge is 0.198 e. The Bertz CT molecular complexity index is 276. The molecular weight excluding hydrogens is 178 g/mol. The molecule has 1 aromatic rings. The van der Waals surface area contributed by atoms with E-state index in [1.54, 1.807) is 0 Å². The van der Waals surface area contributed by atoms with Crippen molar-refractivity contribution in [2.24, 2.45) is 5.92 Å². The van der Waals surface area contributed by atoms with E-state index in [9.17, 15) is 0 Å². The smallest absolute Gasteiger partial charge is 0.0624 e. The van der Waals surface area contributed by atoms with E-state index in [2.05, 4.69) is 25.1 Å². The fourth-order valence-electron chi connectivity index (χ4n) is 0.970. The number of hydrogen-bond acceptors (Lipinski definition) is 2. The van der Waals surface area contributed by atoms with Crippen LogP contribution in [0.1, 0.15) is 13.3 Å². The second-order valence-electron chi connectivity index (χ2n) is 3.09.